The molecule has 0 aromatic heterocycles. The van der Waals surface area contributed by atoms with Crippen LogP contribution >= 0.6 is 0 Å². The van der Waals surface area contributed by atoms with Gasteiger partial charge >= 0.3 is 121 Å². The monoisotopic (exact) mass is 372 g/mol. The minimum absolute atomic E-state index is 0.148. The maximum atomic E-state index is 10.0. The Morgan fingerprint density at radius 3 is 1.50 bits per heavy atom. The molecule has 0 saturated heterocycles. The van der Waals surface area contributed by atoms with Gasteiger partial charge in [0.15, 0.2) is 0 Å². The van der Waals surface area contributed by atoms with Gasteiger partial charge in [0.1, 0.15) is 0 Å². The first-order valence-corrected chi connectivity index (χ1v) is 10.0. The van der Waals surface area contributed by atoms with Gasteiger partial charge in [0, 0.05) is 0 Å². The molecule has 2 rings (SSSR count). The van der Waals surface area contributed by atoms with E-state index in [0.29, 0.717) is 29.9 Å². The Morgan fingerprint density at radius 1 is 0.722 bits per heavy atom. The van der Waals surface area contributed by atoms with Gasteiger partial charge in [0.25, 0.3) is 0 Å². The summed E-state index contributed by atoms with van der Waals surface area (Å²) in [6, 6.07) is 20.9. The second kappa shape index (κ2) is 7.78. The van der Waals surface area contributed by atoms with E-state index in [4.69, 9.17) is 0 Å². The third-order valence-corrected chi connectivity index (χ3v) is 7.23. The van der Waals surface area contributed by atoms with Crippen molar-refractivity contribution in [3.8, 4) is 0 Å². The van der Waals surface area contributed by atoms with Gasteiger partial charge in [-0.2, -0.15) is 0 Å². The first-order valence-electron chi connectivity index (χ1n) is 5.88. The number of hydrogen-bond acceptors (Lipinski definition) is 1. The molecule has 0 saturated carbocycles. The molecule has 94 valence electrons. The quantitative estimate of drug-likeness (QED) is 0.759. The van der Waals surface area contributed by atoms with Gasteiger partial charge in [-0.25, -0.2) is 0 Å². The van der Waals surface area contributed by atoms with Crippen LogP contribution in [0.2, 0.25) is 10.6 Å². The van der Waals surface area contributed by atoms with Crippen molar-refractivity contribution < 1.29 is 5.11 Å². The zero-order valence-corrected chi connectivity index (χ0v) is 13.5. The summed E-state index contributed by atoms with van der Waals surface area (Å²) in [6.45, 7) is 0. The third-order valence-electron chi connectivity index (χ3n) is 2.37. The Balaban J connectivity index is 1.71. The molecule has 0 bridgehead atoms. The van der Waals surface area contributed by atoms with Crippen LogP contribution in [-0.2, 0) is 0 Å². The van der Waals surface area contributed by atoms with Crippen LogP contribution in [0.25, 0.3) is 0 Å². The molecule has 0 heterocycles. The van der Waals surface area contributed by atoms with Crippen molar-refractivity contribution in [3.63, 3.8) is 0 Å². The second-order valence-corrected chi connectivity index (χ2v) is 8.49. The van der Waals surface area contributed by atoms with Crippen LogP contribution in [0.4, 0.5) is 0 Å². The molecule has 0 atom stereocenters. The van der Waals surface area contributed by atoms with Crippen LogP contribution in [0.15, 0.2) is 60.7 Å². The van der Waals surface area contributed by atoms with Crippen molar-refractivity contribution in [2.45, 2.75) is 16.7 Å². The zero-order chi connectivity index (χ0) is 12.6. The van der Waals surface area contributed by atoms with E-state index in [-0.39, 0.29) is 6.10 Å². The summed E-state index contributed by atoms with van der Waals surface area (Å²) >= 11 is 0.793. The fraction of sp³-hybridized carbons (Fsp3) is 0.200. The first-order chi connectivity index (χ1) is 8.84. The molecule has 0 fully saturated rings. The van der Waals surface area contributed by atoms with E-state index < -0.39 is 0 Å². The average molecular weight is 370 g/mol. The van der Waals surface area contributed by atoms with E-state index in [1.54, 1.807) is 0 Å². The van der Waals surface area contributed by atoms with Crippen LogP contribution in [-0.4, -0.2) is 41.1 Å². The van der Waals surface area contributed by atoms with Crippen molar-refractivity contribution in [1.82, 2.24) is 0 Å². The van der Waals surface area contributed by atoms with Crippen molar-refractivity contribution in [2.24, 2.45) is 0 Å². The van der Waals surface area contributed by atoms with Gasteiger partial charge in [-0.1, -0.05) is 0 Å². The van der Waals surface area contributed by atoms with Crippen molar-refractivity contribution in [2.75, 3.05) is 0 Å². The molecule has 18 heavy (non-hydrogen) atoms. The zero-order valence-electron chi connectivity index (χ0n) is 10.0. The molecule has 0 unspecified atom stereocenters. The number of hydrogen-bond donors (Lipinski definition) is 1. The van der Waals surface area contributed by atoms with E-state index >= 15 is 0 Å². The fourth-order valence-corrected chi connectivity index (χ4v) is 5.80. The predicted molar refractivity (Wildman–Crippen MR) is 79.3 cm³/mol. The van der Waals surface area contributed by atoms with Gasteiger partial charge in [0.05, 0.1) is 0 Å². The summed E-state index contributed by atoms with van der Waals surface area (Å²) in [5.41, 5.74) is 0. The summed E-state index contributed by atoms with van der Waals surface area (Å²) in [4.78, 5) is 0. The van der Waals surface area contributed by atoms with Crippen molar-refractivity contribution >= 4 is 38.8 Å². The second-order valence-electron chi connectivity index (χ2n) is 3.90. The van der Waals surface area contributed by atoms with Gasteiger partial charge in [-0.15, -0.1) is 0 Å². The number of aliphatic hydroxyl groups is 1. The molecular weight excluding hydrogens is 354 g/mol. The van der Waals surface area contributed by atoms with Gasteiger partial charge in [-0.05, 0) is 0 Å². The Hall–Kier alpha value is -0.561. The van der Waals surface area contributed by atoms with Crippen molar-refractivity contribution in [1.29, 1.82) is 0 Å². The van der Waals surface area contributed by atoms with Gasteiger partial charge in [0.2, 0.25) is 0 Å². The van der Waals surface area contributed by atoms with Crippen LogP contribution in [0.1, 0.15) is 0 Å². The number of rotatable bonds is 6. The normalized spacial score (nSPS) is 10.8. The Labute approximate surface area is 121 Å². The molecule has 0 radical (unpaired) electrons. The Morgan fingerprint density at radius 2 is 1.11 bits per heavy atom. The average Bonchev–Trinajstić information content (AvgIpc) is 2.45. The van der Waals surface area contributed by atoms with Gasteiger partial charge in [-0.3, -0.25) is 0 Å². The van der Waals surface area contributed by atoms with Gasteiger partial charge < -0.3 is 0 Å². The number of aliphatic hydroxyl groups excluding tert-OH is 1. The van der Waals surface area contributed by atoms with E-state index in [1.807, 2.05) is 12.1 Å². The van der Waals surface area contributed by atoms with E-state index in [0.717, 1.165) is 10.6 Å². The molecule has 0 amide bonds. The number of benzene rings is 2. The molecule has 1 N–H and O–H groups in total. The molecule has 3 heteroatoms. The maximum absolute atomic E-state index is 10.0. The Bertz CT molecular complexity index is 401. The SMILES string of the molecule is OC(C[Se]c1ccccc1)C[Se]c1ccccc1. The molecule has 2 aromatic rings. The Kier molecular flexibility index (Phi) is 5.99. The molecule has 1 nitrogen and oxygen atoms in total. The van der Waals surface area contributed by atoms with Crippen LogP contribution in [0, 0.1) is 0 Å². The van der Waals surface area contributed by atoms with Crippen LogP contribution < -0.4 is 8.92 Å². The topological polar surface area (TPSA) is 20.2 Å². The van der Waals surface area contributed by atoms with E-state index in [1.165, 1.54) is 8.92 Å². The fourth-order valence-electron chi connectivity index (χ4n) is 1.47. The molecule has 0 aliphatic rings. The summed E-state index contributed by atoms with van der Waals surface area (Å²) in [5.74, 6) is 0. The van der Waals surface area contributed by atoms with E-state index in [2.05, 4.69) is 48.5 Å². The summed E-state index contributed by atoms with van der Waals surface area (Å²) in [5, 5.41) is 11.8. The third kappa shape index (κ3) is 4.97. The summed E-state index contributed by atoms with van der Waals surface area (Å²) in [6.07, 6.45) is -0.148. The molecular formula is C15H16OSe2. The van der Waals surface area contributed by atoms with Crippen LogP contribution in [0.3, 0.4) is 0 Å². The van der Waals surface area contributed by atoms with Crippen molar-refractivity contribution in [3.05, 3.63) is 60.7 Å². The molecule has 0 spiro atoms. The molecule has 0 aliphatic carbocycles. The minimum atomic E-state index is -0.148. The van der Waals surface area contributed by atoms with E-state index in [9.17, 15) is 5.11 Å². The summed E-state index contributed by atoms with van der Waals surface area (Å²) < 4.78 is 2.74. The summed E-state index contributed by atoms with van der Waals surface area (Å²) in [7, 11) is 0. The standard InChI is InChI=1S/C15H16OSe2/c16-13(11-17-14-7-3-1-4-8-14)12-18-15-9-5-2-6-10-15/h1-10,13,16H,11-12H2. The predicted octanol–water partition coefficient (Wildman–Crippen LogP) is 1.24. The molecule has 2 aromatic carbocycles. The van der Waals surface area contributed by atoms with Crippen LogP contribution in [0.5, 0.6) is 0 Å². The molecule has 0 aliphatic heterocycles. The first kappa shape index (κ1) is 13.9.